The van der Waals surface area contributed by atoms with Crippen LogP contribution < -0.4 is 0 Å². The fraction of sp³-hybridized carbons (Fsp3) is 0.533. The third kappa shape index (κ3) is 3.33. The third-order valence-electron chi connectivity index (χ3n) is 3.97. The van der Waals surface area contributed by atoms with Crippen LogP contribution in [0.2, 0.25) is 0 Å². The summed E-state index contributed by atoms with van der Waals surface area (Å²) >= 11 is 0. The Hall–Kier alpha value is -1.39. The third-order valence-corrected chi connectivity index (χ3v) is 3.97. The van der Waals surface area contributed by atoms with E-state index < -0.39 is 5.97 Å². The number of carboxylic acid groups (broad SMARTS) is 1. The van der Waals surface area contributed by atoms with Crippen molar-refractivity contribution in [1.82, 2.24) is 9.80 Å². The van der Waals surface area contributed by atoms with Crippen LogP contribution in [0.4, 0.5) is 0 Å². The number of carboxylic acids is 1. The number of rotatable bonds is 4. The van der Waals surface area contributed by atoms with Crippen molar-refractivity contribution in [3.8, 4) is 0 Å². The smallest absolute Gasteiger partial charge is 0.336 e. The molecule has 104 valence electrons. The Morgan fingerprint density at radius 2 is 2.11 bits per heavy atom. The molecule has 1 heterocycles. The molecule has 0 aromatic heterocycles. The summed E-state index contributed by atoms with van der Waals surface area (Å²) in [6.45, 7) is 6.00. The summed E-state index contributed by atoms with van der Waals surface area (Å²) in [6.07, 6.45) is 1.13. The molecule has 1 fully saturated rings. The first kappa shape index (κ1) is 14.0. The summed E-state index contributed by atoms with van der Waals surface area (Å²) in [5.74, 6) is -0.836. The average molecular weight is 262 g/mol. The fourth-order valence-electron chi connectivity index (χ4n) is 2.70. The molecule has 1 atom stereocenters. The van der Waals surface area contributed by atoms with Gasteiger partial charge < -0.3 is 10.0 Å². The van der Waals surface area contributed by atoms with Gasteiger partial charge in [0.25, 0.3) is 0 Å². The van der Waals surface area contributed by atoms with Gasteiger partial charge in [0.1, 0.15) is 0 Å². The lowest BCUT2D eigenvalue weighted by molar-refractivity contribution is 0.0688. The first-order chi connectivity index (χ1) is 9.11. The molecule has 1 aromatic carbocycles. The standard InChI is InChI=1S/C15H22N2O2/c1-3-13-11-17(9-8-16(13)2)10-12-6-4-5-7-14(12)15(18)19/h4-7,13H,3,8-11H2,1-2H3,(H,18,19). The lowest BCUT2D eigenvalue weighted by Gasteiger charge is -2.39. The predicted molar refractivity (Wildman–Crippen MR) is 75.4 cm³/mol. The zero-order chi connectivity index (χ0) is 13.8. The zero-order valence-electron chi connectivity index (χ0n) is 11.7. The summed E-state index contributed by atoms with van der Waals surface area (Å²) in [5.41, 5.74) is 1.34. The highest BCUT2D eigenvalue weighted by Crippen LogP contribution is 2.16. The van der Waals surface area contributed by atoms with E-state index in [0.717, 1.165) is 38.2 Å². The number of nitrogens with zero attached hydrogens (tertiary/aromatic N) is 2. The molecule has 0 radical (unpaired) electrons. The molecule has 1 unspecified atom stereocenters. The van der Waals surface area contributed by atoms with Crippen LogP contribution in [-0.2, 0) is 6.54 Å². The van der Waals surface area contributed by atoms with E-state index in [-0.39, 0.29) is 0 Å². The van der Waals surface area contributed by atoms with E-state index in [1.54, 1.807) is 12.1 Å². The molecular weight excluding hydrogens is 240 g/mol. The first-order valence-electron chi connectivity index (χ1n) is 6.85. The largest absolute Gasteiger partial charge is 0.478 e. The Bertz CT molecular complexity index is 448. The van der Waals surface area contributed by atoms with E-state index in [4.69, 9.17) is 0 Å². The number of piperazine rings is 1. The molecule has 4 nitrogen and oxygen atoms in total. The van der Waals surface area contributed by atoms with Gasteiger partial charge in [-0.2, -0.15) is 0 Å². The van der Waals surface area contributed by atoms with Crippen LogP contribution in [0.1, 0.15) is 29.3 Å². The van der Waals surface area contributed by atoms with Gasteiger partial charge in [-0.25, -0.2) is 4.79 Å². The van der Waals surface area contributed by atoms with E-state index in [1.165, 1.54) is 0 Å². The molecule has 1 aromatic rings. The second-order valence-corrected chi connectivity index (χ2v) is 5.24. The van der Waals surface area contributed by atoms with E-state index in [1.807, 2.05) is 12.1 Å². The maximum atomic E-state index is 11.2. The van der Waals surface area contributed by atoms with Gasteiger partial charge in [-0.15, -0.1) is 0 Å². The van der Waals surface area contributed by atoms with Crippen molar-refractivity contribution in [2.24, 2.45) is 0 Å². The van der Waals surface area contributed by atoms with Crippen molar-refractivity contribution in [3.63, 3.8) is 0 Å². The van der Waals surface area contributed by atoms with Crippen LogP contribution in [0.3, 0.4) is 0 Å². The number of aromatic carboxylic acids is 1. The molecule has 0 aliphatic carbocycles. The van der Waals surface area contributed by atoms with Crippen molar-refractivity contribution in [3.05, 3.63) is 35.4 Å². The minimum absolute atomic E-state index is 0.425. The van der Waals surface area contributed by atoms with E-state index >= 15 is 0 Å². The van der Waals surface area contributed by atoms with Crippen LogP contribution >= 0.6 is 0 Å². The average Bonchev–Trinajstić information content (AvgIpc) is 2.41. The minimum Gasteiger partial charge on any atom is -0.478 e. The number of hydrogen-bond donors (Lipinski definition) is 1. The van der Waals surface area contributed by atoms with Crippen LogP contribution in [0.15, 0.2) is 24.3 Å². The Morgan fingerprint density at radius 3 is 2.79 bits per heavy atom. The number of benzene rings is 1. The molecule has 1 N–H and O–H groups in total. The van der Waals surface area contributed by atoms with Crippen LogP contribution in [0.5, 0.6) is 0 Å². The molecule has 4 heteroatoms. The topological polar surface area (TPSA) is 43.8 Å². The van der Waals surface area contributed by atoms with E-state index in [9.17, 15) is 9.90 Å². The van der Waals surface area contributed by atoms with Crippen molar-refractivity contribution in [1.29, 1.82) is 0 Å². The Balaban J connectivity index is 2.07. The summed E-state index contributed by atoms with van der Waals surface area (Å²) in [5, 5.41) is 9.21. The van der Waals surface area contributed by atoms with Crippen molar-refractivity contribution < 1.29 is 9.90 Å². The Kier molecular flexibility index (Phi) is 4.56. The Morgan fingerprint density at radius 1 is 1.37 bits per heavy atom. The zero-order valence-corrected chi connectivity index (χ0v) is 11.7. The van der Waals surface area contributed by atoms with Crippen LogP contribution in [-0.4, -0.2) is 53.6 Å². The van der Waals surface area contributed by atoms with Crippen molar-refractivity contribution in [2.75, 3.05) is 26.7 Å². The molecular formula is C15H22N2O2. The molecule has 0 spiro atoms. The summed E-state index contributed by atoms with van der Waals surface area (Å²) in [7, 11) is 2.16. The van der Waals surface area contributed by atoms with Gasteiger partial charge in [0.15, 0.2) is 0 Å². The highest BCUT2D eigenvalue weighted by atomic mass is 16.4. The van der Waals surface area contributed by atoms with E-state index in [0.29, 0.717) is 11.6 Å². The minimum atomic E-state index is -0.836. The molecule has 0 amide bonds. The van der Waals surface area contributed by atoms with Crippen LogP contribution in [0, 0.1) is 0 Å². The quantitative estimate of drug-likeness (QED) is 0.900. The molecule has 0 bridgehead atoms. The Labute approximate surface area is 114 Å². The maximum absolute atomic E-state index is 11.2. The highest BCUT2D eigenvalue weighted by molar-refractivity contribution is 5.89. The van der Waals surface area contributed by atoms with Crippen LogP contribution in [0.25, 0.3) is 0 Å². The summed E-state index contributed by atoms with van der Waals surface area (Å²) in [4.78, 5) is 16.0. The van der Waals surface area contributed by atoms with Gasteiger partial charge in [-0.1, -0.05) is 25.1 Å². The lowest BCUT2D eigenvalue weighted by Crippen LogP contribution is -2.50. The second-order valence-electron chi connectivity index (χ2n) is 5.24. The predicted octanol–water partition coefficient (Wildman–Crippen LogP) is 1.91. The van der Waals surface area contributed by atoms with Gasteiger partial charge in [0.05, 0.1) is 5.56 Å². The van der Waals surface area contributed by atoms with Gasteiger partial charge in [-0.3, -0.25) is 4.90 Å². The molecule has 1 aliphatic heterocycles. The fourth-order valence-corrected chi connectivity index (χ4v) is 2.70. The highest BCUT2D eigenvalue weighted by Gasteiger charge is 2.23. The van der Waals surface area contributed by atoms with Crippen molar-refractivity contribution in [2.45, 2.75) is 25.9 Å². The molecule has 1 saturated heterocycles. The summed E-state index contributed by atoms with van der Waals surface area (Å²) < 4.78 is 0. The van der Waals surface area contributed by atoms with Gasteiger partial charge in [0.2, 0.25) is 0 Å². The monoisotopic (exact) mass is 262 g/mol. The number of carbonyl (C=O) groups is 1. The molecule has 2 rings (SSSR count). The molecule has 19 heavy (non-hydrogen) atoms. The molecule has 0 saturated carbocycles. The van der Waals surface area contributed by atoms with Gasteiger partial charge >= 0.3 is 5.97 Å². The first-order valence-corrected chi connectivity index (χ1v) is 6.85. The second kappa shape index (κ2) is 6.17. The van der Waals surface area contributed by atoms with Gasteiger partial charge in [0, 0.05) is 32.2 Å². The number of hydrogen-bond acceptors (Lipinski definition) is 3. The lowest BCUT2D eigenvalue weighted by atomic mass is 10.1. The van der Waals surface area contributed by atoms with E-state index in [2.05, 4.69) is 23.8 Å². The van der Waals surface area contributed by atoms with Crippen molar-refractivity contribution >= 4 is 5.97 Å². The molecule has 1 aliphatic rings. The normalized spacial score (nSPS) is 21.5. The summed E-state index contributed by atoms with van der Waals surface area (Å²) in [6, 6.07) is 7.88. The SMILES string of the molecule is CCC1CN(Cc2ccccc2C(=O)O)CCN1C. The number of likely N-dealkylation sites (N-methyl/N-ethyl adjacent to an activating group) is 1. The van der Waals surface area contributed by atoms with Gasteiger partial charge in [-0.05, 0) is 25.1 Å². The maximum Gasteiger partial charge on any atom is 0.336 e.